The van der Waals surface area contributed by atoms with E-state index in [9.17, 15) is 9.18 Å². The standard InChI is InChI=1S/C25H21FN6O2/c26-20-5-1-2-6-22(20)34-24-23(29-9-10-30-24)18-4-3-11-32(15-18)25(33)17-7-8-21(31-14-17)19-12-27-16-28-13-19/h1-2,5-10,12-14,16,18H,3-4,11,15H2/t18-/m1/s1. The molecule has 1 aliphatic heterocycles. The molecule has 0 N–H and O–H groups in total. The number of likely N-dealkylation sites (tertiary alicyclic amines) is 1. The van der Waals surface area contributed by atoms with Crippen LogP contribution in [0.2, 0.25) is 0 Å². The average molecular weight is 456 g/mol. The second-order valence-corrected chi connectivity index (χ2v) is 7.93. The minimum absolute atomic E-state index is 0.0816. The van der Waals surface area contributed by atoms with Crippen LogP contribution in [0.5, 0.6) is 11.6 Å². The van der Waals surface area contributed by atoms with Crippen molar-refractivity contribution in [3.05, 3.63) is 90.8 Å². The van der Waals surface area contributed by atoms with Crippen molar-refractivity contribution in [1.82, 2.24) is 29.8 Å². The number of para-hydroxylation sites is 1. The van der Waals surface area contributed by atoms with Gasteiger partial charge in [-0.3, -0.25) is 14.8 Å². The predicted molar refractivity (Wildman–Crippen MR) is 122 cm³/mol. The number of piperidine rings is 1. The van der Waals surface area contributed by atoms with Gasteiger partial charge in [-0.1, -0.05) is 12.1 Å². The average Bonchev–Trinajstić information content (AvgIpc) is 2.90. The SMILES string of the molecule is O=C(c1ccc(-c2cncnc2)nc1)N1CCC[C@@H](c2nccnc2Oc2ccccc2F)C1. The third-order valence-electron chi connectivity index (χ3n) is 5.70. The van der Waals surface area contributed by atoms with E-state index in [1.165, 1.54) is 18.6 Å². The summed E-state index contributed by atoms with van der Waals surface area (Å²) in [5.74, 6) is -0.320. The number of halogens is 1. The minimum Gasteiger partial charge on any atom is -0.434 e. The highest BCUT2D eigenvalue weighted by Crippen LogP contribution is 2.33. The Morgan fingerprint density at radius 3 is 2.62 bits per heavy atom. The number of carbonyl (C=O) groups is 1. The Hall–Kier alpha value is -4.27. The van der Waals surface area contributed by atoms with Gasteiger partial charge >= 0.3 is 0 Å². The molecule has 5 rings (SSSR count). The molecule has 0 saturated carbocycles. The van der Waals surface area contributed by atoms with Gasteiger partial charge in [-0.15, -0.1) is 0 Å². The molecule has 0 spiro atoms. The molecule has 4 aromatic rings. The number of amides is 1. The molecule has 1 saturated heterocycles. The number of carbonyl (C=O) groups excluding carboxylic acids is 1. The first-order valence-electron chi connectivity index (χ1n) is 10.9. The molecule has 0 bridgehead atoms. The lowest BCUT2D eigenvalue weighted by Gasteiger charge is -2.32. The largest absolute Gasteiger partial charge is 0.434 e. The van der Waals surface area contributed by atoms with E-state index in [2.05, 4.69) is 24.9 Å². The summed E-state index contributed by atoms with van der Waals surface area (Å²) in [6.45, 7) is 1.09. The molecule has 1 aliphatic rings. The van der Waals surface area contributed by atoms with E-state index in [-0.39, 0.29) is 23.5 Å². The van der Waals surface area contributed by atoms with Gasteiger partial charge < -0.3 is 9.64 Å². The summed E-state index contributed by atoms with van der Waals surface area (Å²) in [6.07, 6.45) is 11.1. The highest BCUT2D eigenvalue weighted by Gasteiger charge is 2.29. The maximum absolute atomic E-state index is 14.1. The van der Waals surface area contributed by atoms with Gasteiger partial charge in [-0.25, -0.2) is 19.3 Å². The Labute approximate surface area is 195 Å². The Morgan fingerprint density at radius 2 is 1.82 bits per heavy atom. The molecule has 1 amide bonds. The van der Waals surface area contributed by atoms with E-state index in [0.717, 1.165) is 18.4 Å². The maximum Gasteiger partial charge on any atom is 0.255 e. The number of benzene rings is 1. The molecule has 34 heavy (non-hydrogen) atoms. The van der Waals surface area contributed by atoms with Crippen molar-refractivity contribution in [3.63, 3.8) is 0 Å². The third-order valence-corrected chi connectivity index (χ3v) is 5.70. The first-order valence-corrected chi connectivity index (χ1v) is 10.9. The van der Waals surface area contributed by atoms with Gasteiger partial charge in [0, 0.05) is 55.6 Å². The molecule has 1 atom stereocenters. The number of pyridine rings is 1. The predicted octanol–water partition coefficient (Wildman–Crippen LogP) is 4.28. The second kappa shape index (κ2) is 9.70. The number of aromatic nitrogens is 5. The Kier molecular flexibility index (Phi) is 6.15. The Balaban J connectivity index is 1.33. The zero-order valence-electron chi connectivity index (χ0n) is 18.2. The van der Waals surface area contributed by atoms with Gasteiger partial charge in [0.2, 0.25) is 5.88 Å². The lowest BCUT2D eigenvalue weighted by molar-refractivity contribution is 0.0704. The van der Waals surface area contributed by atoms with E-state index in [4.69, 9.17) is 4.74 Å². The maximum atomic E-state index is 14.1. The molecule has 1 fully saturated rings. The van der Waals surface area contributed by atoms with Crippen LogP contribution >= 0.6 is 0 Å². The topological polar surface area (TPSA) is 94.0 Å². The number of nitrogens with zero attached hydrogens (tertiary/aromatic N) is 6. The lowest BCUT2D eigenvalue weighted by Crippen LogP contribution is -2.39. The van der Waals surface area contributed by atoms with E-state index in [0.29, 0.717) is 30.0 Å². The highest BCUT2D eigenvalue weighted by atomic mass is 19.1. The first-order chi connectivity index (χ1) is 16.7. The van der Waals surface area contributed by atoms with Crippen LogP contribution in [0.4, 0.5) is 4.39 Å². The molecule has 3 aromatic heterocycles. The van der Waals surface area contributed by atoms with Crippen molar-refractivity contribution in [2.24, 2.45) is 0 Å². The van der Waals surface area contributed by atoms with Gasteiger partial charge in [0.05, 0.1) is 11.3 Å². The molecule has 0 aliphatic carbocycles. The zero-order valence-corrected chi connectivity index (χ0v) is 18.2. The van der Waals surface area contributed by atoms with Crippen LogP contribution in [0.1, 0.15) is 34.8 Å². The van der Waals surface area contributed by atoms with Crippen molar-refractivity contribution >= 4 is 5.91 Å². The summed E-state index contributed by atoms with van der Waals surface area (Å²) < 4.78 is 19.9. The highest BCUT2D eigenvalue weighted by molar-refractivity contribution is 5.94. The van der Waals surface area contributed by atoms with E-state index < -0.39 is 5.82 Å². The van der Waals surface area contributed by atoms with E-state index in [1.807, 2.05) is 0 Å². The molecule has 4 heterocycles. The summed E-state index contributed by atoms with van der Waals surface area (Å²) in [5, 5.41) is 0. The minimum atomic E-state index is -0.474. The third kappa shape index (κ3) is 4.59. The van der Waals surface area contributed by atoms with Crippen molar-refractivity contribution < 1.29 is 13.9 Å². The molecule has 1 aromatic carbocycles. The molecular weight excluding hydrogens is 435 g/mol. The first kappa shape index (κ1) is 21.6. The molecule has 9 heteroatoms. The fraction of sp³-hybridized carbons (Fsp3) is 0.200. The smallest absolute Gasteiger partial charge is 0.255 e. The fourth-order valence-corrected chi connectivity index (χ4v) is 4.02. The van der Waals surface area contributed by atoms with Gasteiger partial charge in [-0.05, 0) is 37.1 Å². The number of hydrogen-bond acceptors (Lipinski definition) is 7. The van der Waals surface area contributed by atoms with Crippen LogP contribution in [0.25, 0.3) is 11.3 Å². The van der Waals surface area contributed by atoms with Gasteiger partial charge in [-0.2, -0.15) is 0 Å². The quantitative estimate of drug-likeness (QED) is 0.442. The Morgan fingerprint density at radius 1 is 1.00 bits per heavy atom. The van der Waals surface area contributed by atoms with E-state index in [1.54, 1.807) is 60.0 Å². The summed E-state index contributed by atoms with van der Waals surface area (Å²) in [7, 11) is 0. The van der Waals surface area contributed by atoms with Crippen LogP contribution in [0.3, 0.4) is 0 Å². The molecule has 0 radical (unpaired) electrons. The fourth-order valence-electron chi connectivity index (χ4n) is 4.02. The van der Waals surface area contributed by atoms with Gasteiger partial charge in [0.25, 0.3) is 5.91 Å². The van der Waals surface area contributed by atoms with Crippen LogP contribution < -0.4 is 4.74 Å². The number of hydrogen-bond donors (Lipinski definition) is 0. The van der Waals surface area contributed by atoms with Crippen LogP contribution in [0.15, 0.2) is 73.7 Å². The van der Waals surface area contributed by atoms with E-state index >= 15 is 0 Å². The van der Waals surface area contributed by atoms with Crippen LogP contribution in [0, 0.1) is 5.82 Å². The lowest BCUT2D eigenvalue weighted by atomic mass is 9.94. The summed E-state index contributed by atoms with van der Waals surface area (Å²) >= 11 is 0. The Bertz CT molecular complexity index is 1290. The molecule has 8 nitrogen and oxygen atoms in total. The van der Waals surface area contributed by atoms with Crippen LogP contribution in [-0.2, 0) is 0 Å². The van der Waals surface area contributed by atoms with Crippen molar-refractivity contribution in [1.29, 1.82) is 0 Å². The van der Waals surface area contributed by atoms with Gasteiger partial charge in [0.1, 0.15) is 12.0 Å². The molecular formula is C25H21FN6O2. The summed E-state index contributed by atoms with van der Waals surface area (Å²) in [5.41, 5.74) is 2.59. The van der Waals surface area contributed by atoms with Crippen molar-refractivity contribution in [2.75, 3.05) is 13.1 Å². The normalized spacial score (nSPS) is 15.7. The van der Waals surface area contributed by atoms with Crippen LogP contribution in [-0.4, -0.2) is 48.8 Å². The van der Waals surface area contributed by atoms with Crippen molar-refractivity contribution in [2.45, 2.75) is 18.8 Å². The summed E-state index contributed by atoms with van der Waals surface area (Å²) in [6, 6.07) is 9.71. The monoisotopic (exact) mass is 456 g/mol. The zero-order chi connectivity index (χ0) is 23.3. The number of rotatable bonds is 5. The molecule has 0 unspecified atom stereocenters. The second-order valence-electron chi connectivity index (χ2n) is 7.93. The number of ether oxygens (including phenoxy) is 1. The molecule has 170 valence electrons. The van der Waals surface area contributed by atoms with Gasteiger partial charge in [0.15, 0.2) is 11.6 Å². The van der Waals surface area contributed by atoms with Crippen molar-refractivity contribution in [3.8, 4) is 22.9 Å². The summed E-state index contributed by atoms with van der Waals surface area (Å²) in [4.78, 5) is 36.1.